The van der Waals surface area contributed by atoms with Gasteiger partial charge in [0, 0.05) is 58.1 Å². The first-order chi connectivity index (χ1) is 32.2. The number of hydrogen-bond donors (Lipinski definition) is 0. The number of aromatic nitrogens is 2. The van der Waals surface area contributed by atoms with Crippen LogP contribution in [0.1, 0.15) is 70.1 Å². The van der Waals surface area contributed by atoms with Crippen molar-refractivity contribution >= 4 is 38.9 Å². The zero-order valence-electron chi connectivity index (χ0n) is 43.3. The average molecular weight is 950 g/mol. The van der Waals surface area contributed by atoms with Gasteiger partial charge in [-0.15, -0.1) is 28.8 Å². The summed E-state index contributed by atoms with van der Waals surface area (Å²) >= 11 is 0. The van der Waals surface area contributed by atoms with Gasteiger partial charge in [0.25, 0.3) is 0 Å². The third kappa shape index (κ3) is 7.56. The molecule has 9 rings (SSSR count). The van der Waals surface area contributed by atoms with Crippen LogP contribution in [-0.2, 0) is 39.5 Å². The summed E-state index contributed by atoms with van der Waals surface area (Å²) in [7, 11) is 0. The van der Waals surface area contributed by atoms with Crippen molar-refractivity contribution in [1.29, 1.82) is 0 Å². The molecule has 0 saturated carbocycles. The molecule has 3 heterocycles. The van der Waals surface area contributed by atoms with Crippen LogP contribution in [0.4, 0.5) is 17.1 Å². The van der Waals surface area contributed by atoms with Crippen LogP contribution in [0.5, 0.6) is 5.75 Å². The fourth-order valence-corrected chi connectivity index (χ4v) is 7.69. The van der Waals surface area contributed by atoms with Crippen molar-refractivity contribution in [2.75, 3.05) is 16.3 Å². The van der Waals surface area contributed by atoms with E-state index in [-0.39, 0.29) is 62.9 Å². The van der Waals surface area contributed by atoms with Crippen LogP contribution in [0.25, 0.3) is 38.8 Å². The molecule has 0 saturated heterocycles. The third-order valence-corrected chi connectivity index (χ3v) is 10.4. The van der Waals surface area contributed by atoms with Crippen molar-refractivity contribution in [3.8, 4) is 22.7 Å². The Labute approximate surface area is 372 Å². The molecule has 0 bridgehead atoms. The predicted molar refractivity (Wildman–Crippen MR) is 236 cm³/mol. The first kappa shape index (κ1) is 27.9. The molecule has 6 aromatic carbocycles. The van der Waals surface area contributed by atoms with E-state index in [0.29, 0.717) is 46.7 Å². The molecular formula is C52H47N4OPt-3. The molecule has 0 radical (unpaired) electrons. The van der Waals surface area contributed by atoms with Gasteiger partial charge in [0.2, 0.25) is 0 Å². The summed E-state index contributed by atoms with van der Waals surface area (Å²) in [5.41, 5.74) is 6.24. The van der Waals surface area contributed by atoms with Crippen LogP contribution >= 0.6 is 0 Å². The van der Waals surface area contributed by atoms with Crippen molar-refractivity contribution in [3.63, 3.8) is 0 Å². The third-order valence-electron chi connectivity index (χ3n) is 10.4. The molecule has 1 aliphatic rings. The SMILES string of the molecule is [2H]c1c([2H])c([2H])c(-c2cccc(C([2H])([2H])[2H])c2CCCN2[CH-]N(c3[c-]c(COc4[c-]c5c(cc4)c4ccccc4n5-c4cc(C([2H])([2H])[2H])c(C(C)(C)C)cn4)ccc3)c3ccccc32)c([2H])c1[2H].[Pt]. The Balaban J connectivity index is 0.00000642. The second-order valence-electron chi connectivity index (χ2n) is 15.2. The van der Waals surface area contributed by atoms with Gasteiger partial charge in [-0.3, -0.25) is 0 Å². The van der Waals surface area contributed by atoms with Crippen molar-refractivity contribution < 1.29 is 40.9 Å². The number of aryl methyl sites for hydroxylation is 2. The maximum Gasteiger partial charge on any atom is 0.135 e. The van der Waals surface area contributed by atoms with Gasteiger partial charge >= 0.3 is 0 Å². The molecule has 5 nitrogen and oxygen atoms in total. The van der Waals surface area contributed by atoms with Crippen molar-refractivity contribution in [2.45, 2.75) is 59.3 Å². The van der Waals surface area contributed by atoms with Crippen LogP contribution < -0.4 is 14.5 Å². The van der Waals surface area contributed by atoms with E-state index < -0.39 is 37.2 Å². The summed E-state index contributed by atoms with van der Waals surface area (Å²) < 4.78 is 100. The van der Waals surface area contributed by atoms with Gasteiger partial charge in [0.15, 0.2) is 0 Å². The van der Waals surface area contributed by atoms with E-state index >= 15 is 0 Å². The summed E-state index contributed by atoms with van der Waals surface area (Å²) in [4.78, 5) is 8.94. The smallest absolute Gasteiger partial charge is 0.135 e. The van der Waals surface area contributed by atoms with E-state index in [2.05, 4.69) is 17.0 Å². The number of ether oxygens (including phenoxy) is 1. The van der Waals surface area contributed by atoms with Gasteiger partial charge in [0.05, 0.1) is 13.5 Å². The molecule has 0 aliphatic carbocycles. The number of benzene rings is 6. The second kappa shape index (κ2) is 16.3. The number of fused-ring (bicyclic) bond motifs is 4. The van der Waals surface area contributed by atoms with Gasteiger partial charge in [-0.05, 0) is 102 Å². The Morgan fingerprint density at radius 1 is 0.810 bits per heavy atom. The predicted octanol–water partition coefficient (Wildman–Crippen LogP) is 12.6. The van der Waals surface area contributed by atoms with Crippen molar-refractivity contribution in [3.05, 3.63) is 186 Å². The maximum atomic E-state index is 8.64. The topological polar surface area (TPSA) is 33.5 Å². The fraction of sp³-hybridized carbons (Fsp3) is 0.192. The Morgan fingerprint density at radius 3 is 2.43 bits per heavy atom. The maximum absolute atomic E-state index is 8.64. The zero-order chi connectivity index (χ0) is 48.4. The van der Waals surface area contributed by atoms with E-state index in [9.17, 15) is 0 Å². The number of hydrogen-bond acceptors (Lipinski definition) is 4. The minimum Gasteiger partial charge on any atom is -0.517 e. The van der Waals surface area contributed by atoms with Crippen LogP contribution in [0, 0.1) is 32.5 Å². The number of para-hydroxylation sites is 3. The Kier molecular flexibility index (Phi) is 7.85. The van der Waals surface area contributed by atoms with Gasteiger partial charge in [-0.25, -0.2) is 4.98 Å². The van der Waals surface area contributed by atoms with E-state index in [4.69, 9.17) is 24.8 Å². The standard InChI is InChI=1S/C52H47N4O.Pt/c1-36-16-13-22-43(39-18-7-6-8-19-39)42(36)23-15-29-54-35-55(49-26-12-11-25-48(49)54)40-20-14-17-38(31-40)34-57-41-27-28-45-44-21-9-10-24-47(44)56(50(45)32-41)51-30-37(2)46(33-53-51)52(3,4)5;/h6-14,16-22,24-28,30,33,35H,15,23,29,34H2,1-5H3;/q-3;/i1D3,2D3,6D,7D,8D,18D,19D;. The minimum atomic E-state index is -2.50. The Bertz CT molecular complexity index is 3220. The number of anilines is 3. The van der Waals surface area contributed by atoms with E-state index in [0.717, 1.165) is 38.9 Å². The van der Waals surface area contributed by atoms with Gasteiger partial charge in [-0.1, -0.05) is 105 Å². The molecule has 8 aromatic rings. The second-order valence-corrected chi connectivity index (χ2v) is 15.2. The molecule has 294 valence electrons. The largest absolute Gasteiger partial charge is 0.517 e. The molecule has 0 amide bonds. The molecule has 6 heteroatoms. The van der Waals surface area contributed by atoms with E-state index in [1.165, 1.54) is 6.07 Å². The van der Waals surface area contributed by atoms with Gasteiger partial charge in [0.1, 0.15) is 5.82 Å². The number of pyridine rings is 1. The van der Waals surface area contributed by atoms with Crippen molar-refractivity contribution in [2.24, 2.45) is 0 Å². The average Bonchev–Trinajstić information content (AvgIpc) is 3.84. The summed E-state index contributed by atoms with van der Waals surface area (Å²) in [6.07, 6.45) is 2.42. The summed E-state index contributed by atoms with van der Waals surface area (Å²) in [6, 6.07) is 36.7. The summed E-state index contributed by atoms with van der Waals surface area (Å²) in [6.45, 7) is 3.73. The fourth-order valence-electron chi connectivity index (χ4n) is 7.69. The van der Waals surface area contributed by atoms with E-state index in [1.54, 1.807) is 24.4 Å². The number of rotatable bonds is 10. The Morgan fingerprint density at radius 2 is 1.60 bits per heavy atom. The van der Waals surface area contributed by atoms with Crippen LogP contribution in [-0.4, -0.2) is 16.1 Å². The molecule has 0 fully saturated rings. The number of nitrogens with zero attached hydrogens (tertiary/aromatic N) is 4. The van der Waals surface area contributed by atoms with Gasteiger partial charge in [-0.2, -0.15) is 37.0 Å². The first-order valence-corrected chi connectivity index (χ1v) is 19.0. The molecule has 0 N–H and O–H groups in total. The summed E-state index contributed by atoms with van der Waals surface area (Å²) in [5, 5.41) is 1.89. The molecular weight excluding hydrogens is 892 g/mol. The zero-order valence-corrected chi connectivity index (χ0v) is 34.6. The van der Waals surface area contributed by atoms with Gasteiger partial charge < -0.3 is 19.1 Å². The normalized spacial score (nSPS) is 15.7. The van der Waals surface area contributed by atoms with E-state index in [1.807, 2.05) is 116 Å². The molecule has 0 atom stereocenters. The Hall–Kier alpha value is -5.64. The molecule has 0 unspecified atom stereocenters. The van der Waals surface area contributed by atoms with Crippen LogP contribution in [0.2, 0.25) is 0 Å². The molecule has 1 aliphatic heterocycles. The van der Waals surface area contributed by atoms with Crippen molar-refractivity contribution in [1.82, 2.24) is 9.55 Å². The van der Waals surface area contributed by atoms with Crippen LogP contribution in [0.15, 0.2) is 140 Å². The quantitative estimate of drug-likeness (QED) is 0.128. The minimum absolute atomic E-state index is 0. The summed E-state index contributed by atoms with van der Waals surface area (Å²) in [5.74, 6) is 0.959. The molecule has 58 heavy (non-hydrogen) atoms. The molecule has 0 spiro atoms. The first-order valence-electron chi connectivity index (χ1n) is 24.5. The monoisotopic (exact) mass is 949 g/mol. The van der Waals surface area contributed by atoms with Crippen LogP contribution in [0.3, 0.4) is 0 Å². The molecule has 2 aromatic heterocycles.